The van der Waals surface area contributed by atoms with Gasteiger partial charge in [-0.25, -0.2) is 9.97 Å². The van der Waals surface area contributed by atoms with Crippen molar-refractivity contribution in [2.45, 2.75) is 29.9 Å². The molecule has 0 aromatic carbocycles. The second-order valence-electron chi connectivity index (χ2n) is 4.06. The second kappa shape index (κ2) is 6.31. The maximum Gasteiger partial charge on any atom is 0.225 e. The summed E-state index contributed by atoms with van der Waals surface area (Å²) in [4.78, 5) is 11.7. The summed E-state index contributed by atoms with van der Waals surface area (Å²) in [6.07, 6.45) is 8.09. The highest BCUT2D eigenvalue weighted by molar-refractivity contribution is 8.02. The van der Waals surface area contributed by atoms with E-state index in [1.165, 1.54) is 12.8 Å². The number of thiol groups is 1. The van der Waals surface area contributed by atoms with Crippen LogP contribution < -0.4 is 4.90 Å². The van der Waals surface area contributed by atoms with Gasteiger partial charge in [-0.2, -0.15) is 0 Å². The molecule has 1 aliphatic heterocycles. The molecule has 0 spiro atoms. The van der Waals surface area contributed by atoms with Crippen LogP contribution in [-0.4, -0.2) is 28.3 Å². The topological polar surface area (TPSA) is 29.0 Å². The lowest BCUT2D eigenvalue weighted by Gasteiger charge is -2.31. The van der Waals surface area contributed by atoms with Crippen molar-refractivity contribution in [1.29, 1.82) is 0 Å². The molecule has 92 valence electrons. The molecule has 3 nitrogen and oxygen atoms in total. The first kappa shape index (κ1) is 12.8. The van der Waals surface area contributed by atoms with Crippen molar-refractivity contribution in [3.05, 3.63) is 23.9 Å². The lowest BCUT2D eigenvalue weighted by atomic mass is 10.1. The summed E-state index contributed by atoms with van der Waals surface area (Å²) >= 11 is 6.11. The van der Waals surface area contributed by atoms with E-state index in [1.807, 2.05) is 11.8 Å². The number of hydrogen-bond acceptors (Lipinski definition) is 5. The van der Waals surface area contributed by atoms with E-state index < -0.39 is 0 Å². The SMILES string of the molecule is C/C=C/SC1CCCN(c2ncc(S)cn2)C1. The highest BCUT2D eigenvalue weighted by atomic mass is 32.2. The molecule has 0 aliphatic carbocycles. The van der Waals surface area contributed by atoms with Crippen LogP contribution in [0.2, 0.25) is 0 Å². The number of rotatable bonds is 3. The van der Waals surface area contributed by atoms with Gasteiger partial charge in [0.15, 0.2) is 0 Å². The number of allylic oxidation sites excluding steroid dienone is 1. The molecular weight excluding hydrogens is 250 g/mol. The van der Waals surface area contributed by atoms with Crippen LogP contribution in [0, 0.1) is 0 Å². The smallest absolute Gasteiger partial charge is 0.225 e. The molecule has 2 heterocycles. The van der Waals surface area contributed by atoms with E-state index in [-0.39, 0.29) is 0 Å². The van der Waals surface area contributed by atoms with E-state index in [9.17, 15) is 0 Å². The Morgan fingerprint density at radius 2 is 2.24 bits per heavy atom. The molecule has 1 fully saturated rings. The Labute approximate surface area is 112 Å². The number of anilines is 1. The minimum atomic E-state index is 0.652. The third kappa shape index (κ3) is 3.64. The normalized spacial score (nSPS) is 21.1. The first-order valence-electron chi connectivity index (χ1n) is 5.82. The monoisotopic (exact) mass is 267 g/mol. The highest BCUT2D eigenvalue weighted by Gasteiger charge is 2.21. The standard InChI is InChI=1S/C12H17N3S2/c1-2-6-17-11-4-3-5-15(9-11)12-13-7-10(16)8-14-12/h2,6-8,11,16H,3-5,9H2,1H3/b6-2+. The van der Waals surface area contributed by atoms with Crippen molar-refractivity contribution in [2.24, 2.45) is 0 Å². The molecule has 2 rings (SSSR count). The first-order chi connectivity index (χ1) is 8.29. The van der Waals surface area contributed by atoms with Crippen molar-refractivity contribution in [2.75, 3.05) is 18.0 Å². The largest absolute Gasteiger partial charge is 0.340 e. The fraction of sp³-hybridized carbons (Fsp3) is 0.500. The third-order valence-electron chi connectivity index (χ3n) is 2.69. The Hall–Kier alpha value is -0.680. The van der Waals surface area contributed by atoms with Gasteiger partial charge >= 0.3 is 0 Å². The minimum absolute atomic E-state index is 0.652. The van der Waals surface area contributed by atoms with Gasteiger partial charge in [-0.3, -0.25) is 0 Å². The molecule has 0 amide bonds. The predicted octanol–water partition coefficient (Wildman–Crippen LogP) is 3.00. The van der Waals surface area contributed by atoms with Crippen LogP contribution in [-0.2, 0) is 0 Å². The van der Waals surface area contributed by atoms with Crippen molar-refractivity contribution < 1.29 is 0 Å². The molecule has 0 N–H and O–H groups in total. The molecule has 1 aliphatic rings. The number of hydrogen-bond donors (Lipinski definition) is 1. The summed E-state index contributed by atoms with van der Waals surface area (Å²) in [6.45, 7) is 4.14. The molecule has 1 aromatic heterocycles. The molecular formula is C12H17N3S2. The lowest BCUT2D eigenvalue weighted by Crippen LogP contribution is -2.37. The van der Waals surface area contributed by atoms with E-state index in [0.717, 1.165) is 23.9 Å². The quantitative estimate of drug-likeness (QED) is 0.853. The van der Waals surface area contributed by atoms with Crippen molar-refractivity contribution in [1.82, 2.24) is 9.97 Å². The molecule has 0 radical (unpaired) electrons. The average molecular weight is 267 g/mol. The first-order valence-corrected chi connectivity index (χ1v) is 7.21. The zero-order chi connectivity index (χ0) is 12.1. The molecule has 1 atom stereocenters. The zero-order valence-electron chi connectivity index (χ0n) is 9.91. The zero-order valence-corrected chi connectivity index (χ0v) is 11.6. The Bertz CT molecular complexity index is 378. The van der Waals surface area contributed by atoms with Crippen LogP contribution in [0.15, 0.2) is 28.8 Å². The molecule has 1 unspecified atom stereocenters. The fourth-order valence-corrected chi connectivity index (χ4v) is 2.96. The van der Waals surface area contributed by atoms with Gasteiger partial charge in [-0.15, -0.1) is 24.4 Å². The summed E-state index contributed by atoms with van der Waals surface area (Å²) in [5, 5.41) is 2.82. The van der Waals surface area contributed by atoms with Crippen LogP contribution in [0.1, 0.15) is 19.8 Å². The Kier molecular flexibility index (Phi) is 4.74. The van der Waals surface area contributed by atoms with E-state index in [2.05, 4.69) is 45.9 Å². The molecule has 17 heavy (non-hydrogen) atoms. The van der Waals surface area contributed by atoms with Crippen LogP contribution in [0.3, 0.4) is 0 Å². The fourth-order valence-electron chi connectivity index (χ4n) is 1.90. The Morgan fingerprint density at radius 3 is 2.94 bits per heavy atom. The summed E-state index contributed by atoms with van der Waals surface area (Å²) in [7, 11) is 0. The lowest BCUT2D eigenvalue weighted by molar-refractivity contribution is 0.580. The van der Waals surface area contributed by atoms with E-state index in [4.69, 9.17) is 0 Å². The van der Waals surface area contributed by atoms with Gasteiger partial charge in [0.1, 0.15) is 0 Å². The highest BCUT2D eigenvalue weighted by Crippen LogP contribution is 2.25. The maximum atomic E-state index is 4.33. The second-order valence-corrected chi connectivity index (χ2v) is 5.78. The third-order valence-corrected chi connectivity index (χ3v) is 4.12. The predicted molar refractivity (Wildman–Crippen MR) is 76.9 cm³/mol. The number of nitrogens with zero attached hydrogens (tertiary/aromatic N) is 3. The van der Waals surface area contributed by atoms with Gasteiger partial charge in [-0.1, -0.05) is 6.08 Å². The Balaban J connectivity index is 1.99. The van der Waals surface area contributed by atoms with Crippen molar-refractivity contribution >= 4 is 30.3 Å². The van der Waals surface area contributed by atoms with Gasteiger partial charge in [0, 0.05) is 35.6 Å². The summed E-state index contributed by atoms with van der Waals surface area (Å²) < 4.78 is 0. The van der Waals surface area contributed by atoms with Gasteiger partial charge in [-0.05, 0) is 25.2 Å². The van der Waals surface area contributed by atoms with E-state index >= 15 is 0 Å². The molecule has 0 saturated carbocycles. The average Bonchev–Trinajstić information content (AvgIpc) is 2.37. The van der Waals surface area contributed by atoms with E-state index in [1.54, 1.807) is 12.4 Å². The Morgan fingerprint density at radius 1 is 1.47 bits per heavy atom. The maximum absolute atomic E-state index is 4.33. The summed E-state index contributed by atoms with van der Waals surface area (Å²) in [6, 6.07) is 0. The summed E-state index contributed by atoms with van der Waals surface area (Å²) in [5.74, 6) is 0.827. The van der Waals surface area contributed by atoms with Crippen LogP contribution >= 0.6 is 24.4 Å². The van der Waals surface area contributed by atoms with Crippen LogP contribution in [0.5, 0.6) is 0 Å². The number of aromatic nitrogens is 2. The van der Waals surface area contributed by atoms with E-state index in [0.29, 0.717) is 5.25 Å². The molecule has 5 heteroatoms. The van der Waals surface area contributed by atoms with Gasteiger partial charge in [0.25, 0.3) is 0 Å². The van der Waals surface area contributed by atoms with Gasteiger partial charge < -0.3 is 4.90 Å². The summed E-state index contributed by atoms with van der Waals surface area (Å²) in [5.41, 5.74) is 0. The number of thioether (sulfide) groups is 1. The molecule has 1 aromatic rings. The van der Waals surface area contributed by atoms with Crippen molar-refractivity contribution in [3.63, 3.8) is 0 Å². The molecule has 0 bridgehead atoms. The van der Waals surface area contributed by atoms with Crippen LogP contribution in [0.25, 0.3) is 0 Å². The van der Waals surface area contributed by atoms with Gasteiger partial charge in [0.05, 0.1) is 0 Å². The minimum Gasteiger partial charge on any atom is -0.340 e. The van der Waals surface area contributed by atoms with Crippen LogP contribution in [0.4, 0.5) is 5.95 Å². The van der Waals surface area contributed by atoms with Gasteiger partial charge in [0.2, 0.25) is 5.95 Å². The molecule has 1 saturated heterocycles. The van der Waals surface area contributed by atoms with Crippen molar-refractivity contribution in [3.8, 4) is 0 Å². The number of piperidine rings is 1.